The maximum absolute atomic E-state index is 12.0. The molecule has 0 aliphatic carbocycles. The van der Waals surface area contributed by atoms with Crippen molar-refractivity contribution < 1.29 is 4.79 Å². The molecular formula is C14H9ClN4OS. The highest BCUT2D eigenvalue weighted by Gasteiger charge is 2.08. The molecule has 21 heavy (non-hydrogen) atoms. The van der Waals surface area contributed by atoms with Gasteiger partial charge in [-0.3, -0.25) is 4.79 Å². The quantitative estimate of drug-likeness (QED) is 0.803. The van der Waals surface area contributed by atoms with Gasteiger partial charge in [-0.2, -0.15) is 0 Å². The molecule has 0 aliphatic heterocycles. The maximum Gasteiger partial charge on any atom is 0.275 e. The van der Waals surface area contributed by atoms with Crippen LogP contribution < -0.4 is 5.32 Å². The molecule has 3 aromatic rings. The number of anilines is 1. The molecule has 0 aliphatic rings. The van der Waals surface area contributed by atoms with Crippen LogP contribution >= 0.6 is 22.9 Å². The van der Waals surface area contributed by atoms with Gasteiger partial charge in [0.25, 0.3) is 5.91 Å². The van der Waals surface area contributed by atoms with E-state index in [1.54, 1.807) is 17.5 Å². The van der Waals surface area contributed by atoms with Gasteiger partial charge >= 0.3 is 0 Å². The standard InChI is InChI=1S/C14H9ClN4OS/c15-12-8-17-11(7-18-12)13(20)19-10-3-1-9(2-4-10)14-16-5-6-21-14/h1-8H,(H,19,20). The molecule has 2 aromatic heterocycles. The Labute approximate surface area is 129 Å². The van der Waals surface area contributed by atoms with Crippen molar-refractivity contribution >= 4 is 34.5 Å². The molecule has 0 saturated carbocycles. The van der Waals surface area contributed by atoms with E-state index >= 15 is 0 Å². The van der Waals surface area contributed by atoms with Crippen LogP contribution in [0.15, 0.2) is 48.2 Å². The highest BCUT2D eigenvalue weighted by Crippen LogP contribution is 2.23. The van der Waals surface area contributed by atoms with Gasteiger partial charge in [0.05, 0.1) is 12.4 Å². The number of hydrogen-bond donors (Lipinski definition) is 1. The Morgan fingerprint density at radius 2 is 1.90 bits per heavy atom. The Hall–Kier alpha value is -2.31. The van der Waals surface area contributed by atoms with Crippen LogP contribution in [0.2, 0.25) is 5.15 Å². The second-order valence-corrected chi connectivity index (χ2v) is 5.37. The SMILES string of the molecule is O=C(Nc1ccc(-c2nccs2)cc1)c1cnc(Cl)cn1. The summed E-state index contributed by atoms with van der Waals surface area (Å²) < 4.78 is 0. The van der Waals surface area contributed by atoms with E-state index in [-0.39, 0.29) is 16.8 Å². The number of amides is 1. The first kappa shape index (κ1) is 13.7. The molecule has 1 N–H and O–H groups in total. The second kappa shape index (κ2) is 5.99. The summed E-state index contributed by atoms with van der Waals surface area (Å²) in [5.74, 6) is -0.332. The van der Waals surface area contributed by atoms with Crippen LogP contribution in [0.5, 0.6) is 0 Å². The number of thiazole rings is 1. The van der Waals surface area contributed by atoms with Crippen LogP contribution in [0.25, 0.3) is 10.6 Å². The third-order valence-electron chi connectivity index (χ3n) is 2.68. The monoisotopic (exact) mass is 316 g/mol. The molecule has 3 rings (SSSR count). The lowest BCUT2D eigenvalue weighted by atomic mass is 10.2. The summed E-state index contributed by atoms with van der Waals surface area (Å²) in [7, 11) is 0. The molecule has 0 bridgehead atoms. The van der Waals surface area contributed by atoms with Gasteiger partial charge in [0.2, 0.25) is 0 Å². The number of nitrogens with zero attached hydrogens (tertiary/aromatic N) is 3. The zero-order valence-electron chi connectivity index (χ0n) is 10.7. The van der Waals surface area contributed by atoms with Crippen molar-refractivity contribution in [1.82, 2.24) is 15.0 Å². The summed E-state index contributed by atoms with van der Waals surface area (Å²) in [6, 6.07) is 7.44. The predicted molar refractivity (Wildman–Crippen MR) is 82.5 cm³/mol. The molecule has 7 heteroatoms. The highest BCUT2D eigenvalue weighted by molar-refractivity contribution is 7.13. The number of aromatic nitrogens is 3. The predicted octanol–water partition coefficient (Wildman–Crippen LogP) is 3.51. The Balaban J connectivity index is 1.73. The minimum atomic E-state index is -0.332. The zero-order chi connectivity index (χ0) is 14.7. The average molecular weight is 317 g/mol. The van der Waals surface area contributed by atoms with Gasteiger partial charge < -0.3 is 5.32 Å². The van der Waals surface area contributed by atoms with Crippen molar-refractivity contribution in [2.75, 3.05) is 5.32 Å². The van der Waals surface area contributed by atoms with Crippen LogP contribution in [0.1, 0.15) is 10.5 Å². The van der Waals surface area contributed by atoms with Crippen LogP contribution in [-0.4, -0.2) is 20.9 Å². The number of rotatable bonds is 3. The van der Waals surface area contributed by atoms with Crippen molar-refractivity contribution in [2.45, 2.75) is 0 Å². The fourth-order valence-electron chi connectivity index (χ4n) is 1.69. The molecule has 0 atom stereocenters. The highest BCUT2D eigenvalue weighted by atomic mass is 35.5. The maximum atomic E-state index is 12.0. The number of nitrogens with one attached hydrogen (secondary N) is 1. The summed E-state index contributed by atoms with van der Waals surface area (Å²) in [5.41, 5.74) is 1.90. The molecule has 0 radical (unpaired) electrons. The van der Waals surface area contributed by atoms with Gasteiger partial charge in [-0.05, 0) is 24.3 Å². The van der Waals surface area contributed by atoms with E-state index < -0.39 is 0 Å². The molecule has 0 saturated heterocycles. The van der Waals surface area contributed by atoms with Crippen molar-refractivity contribution in [3.8, 4) is 10.6 Å². The van der Waals surface area contributed by atoms with E-state index in [4.69, 9.17) is 11.6 Å². The van der Waals surface area contributed by atoms with Gasteiger partial charge in [0.15, 0.2) is 0 Å². The van der Waals surface area contributed by atoms with Gasteiger partial charge in [-0.1, -0.05) is 11.6 Å². The lowest BCUT2D eigenvalue weighted by molar-refractivity contribution is 0.102. The minimum Gasteiger partial charge on any atom is -0.321 e. The minimum absolute atomic E-state index is 0.211. The molecule has 5 nitrogen and oxygen atoms in total. The van der Waals surface area contributed by atoms with Gasteiger partial charge in [0.1, 0.15) is 15.9 Å². The van der Waals surface area contributed by atoms with Crippen LogP contribution in [-0.2, 0) is 0 Å². The van der Waals surface area contributed by atoms with Crippen LogP contribution in [0.3, 0.4) is 0 Å². The van der Waals surface area contributed by atoms with E-state index in [9.17, 15) is 4.79 Å². The molecule has 1 amide bonds. The number of hydrogen-bond acceptors (Lipinski definition) is 5. The molecule has 0 unspecified atom stereocenters. The first-order valence-corrected chi connectivity index (χ1v) is 7.27. The fourth-order valence-corrected chi connectivity index (χ4v) is 2.43. The third-order valence-corrected chi connectivity index (χ3v) is 3.69. The molecule has 2 heterocycles. The summed E-state index contributed by atoms with van der Waals surface area (Å²) in [6.07, 6.45) is 4.43. The number of halogens is 1. The van der Waals surface area contributed by atoms with Crippen LogP contribution in [0.4, 0.5) is 5.69 Å². The van der Waals surface area contributed by atoms with Crippen molar-refractivity contribution in [1.29, 1.82) is 0 Å². The molecule has 104 valence electrons. The van der Waals surface area contributed by atoms with Crippen LogP contribution in [0, 0.1) is 0 Å². The Morgan fingerprint density at radius 3 is 2.52 bits per heavy atom. The number of carbonyl (C=O) groups excluding carboxylic acids is 1. The lowest BCUT2D eigenvalue weighted by Crippen LogP contribution is -2.13. The Bertz CT molecular complexity index is 742. The summed E-state index contributed by atoms with van der Waals surface area (Å²) >= 11 is 7.20. The summed E-state index contributed by atoms with van der Waals surface area (Å²) in [5, 5.41) is 5.86. The summed E-state index contributed by atoms with van der Waals surface area (Å²) in [4.78, 5) is 23.9. The molecule has 0 fully saturated rings. The van der Waals surface area contributed by atoms with E-state index in [2.05, 4.69) is 20.3 Å². The van der Waals surface area contributed by atoms with Gasteiger partial charge in [-0.25, -0.2) is 15.0 Å². The Morgan fingerprint density at radius 1 is 1.10 bits per heavy atom. The van der Waals surface area contributed by atoms with Crippen molar-refractivity contribution in [2.24, 2.45) is 0 Å². The van der Waals surface area contributed by atoms with Crippen molar-refractivity contribution in [3.63, 3.8) is 0 Å². The molecule has 1 aromatic carbocycles. The van der Waals surface area contributed by atoms with E-state index in [0.29, 0.717) is 5.69 Å². The molecule has 0 spiro atoms. The normalized spacial score (nSPS) is 10.3. The summed E-state index contributed by atoms with van der Waals surface area (Å²) in [6.45, 7) is 0. The number of benzene rings is 1. The average Bonchev–Trinajstić information content (AvgIpc) is 3.03. The smallest absolute Gasteiger partial charge is 0.275 e. The second-order valence-electron chi connectivity index (χ2n) is 4.09. The lowest BCUT2D eigenvalue weighted by Gasteiger charge is -2.05. The zero-order valence-corrected chi connectivity index (χ0v) is 12.2. The fraction of sp³-hybridized carbons (Fsp3) is 0. The van der Waals surface area contributed by atoms with Gasteiger partial charge in [0, 0.05) is 22.8 Å². The topological polar surface area (TPSA) is 67.8 Å². The van der Waals surface area contributed by atoms with E-state index in [1.165, 1.54) is 12.4 Å². The Kier molecular flexibility index (Phi) is 3.89. The van der Waals surface area contributed by atoms with E-state index in [0.717, 1.165) is 10.6 Å². The van der Waals surface area contributed by atoms with Gasteiger partial charge in [-0.15, -0.1) is 11.3 Å². The largest absolute Gasteiger partial charge is 0.321 e. The first-order valence-electron chi connectivity index (χ1n) is 6.01. The van der Waals surface area contributed by atoms with E-state index in [1.807, 2.05) is 29.6 Å². The molecular weight excluding hydrogens is 308 g/mol. The third kappa shape index (κ3) is 3.24. The number of carbonyl (C=O) groups is 1. The first-order chi connectivity index (χ1) is 10.2. The van der Waals surface area contributed by atoms with Crippen molar-refractivity contribution in [3.05, 3.63) is 59.1 Å².